The molecule has 0 heterocycles. The number of nitrogens with two attached hydrogens (primary N) is 1. The maximum atomic E-state index is 7.44. The molecule has 0 saturated heterocycles. The Labute approximate surface area is 64.6 Å². The first-order valence-corrected chi connectivity index (χ1v) is 4.04. The van der Waals surface area contributed by atoms with E-state index in [1.807, 2.05) is 0 Å². The lowest BCUT2D eigenvalue weighted by atomic mass is 10.5. The van der Waals surface area contributed by atoms with Gasteiger partial charge >= 0.3 is 0 Å². The number of hydrogen-bond acceptors (Lipinski definition) is 3. The van der Waals surface area contributed by atoms with Gasteiger partial charge in [-0.2, -0.15) is 0 Å². The molecule has 1 rings (SSSR count). The quantitative estimate of drug-likeness (QED) is 0.441. The molecule has 0 radical (unpaired) electrons. The molecule has 10 heavy (non-hydrogen) atoms. The van der Waals surface area contributed by atoms with E-state index in [4.69, 9.17) is 11.1 Å². The van der Waals surface area contributed by atoms with Gasteiger partial charge in [0, 0.05) is 13.0 Å². The summed E-state index contributed by atoms with van der Waals surface area (Å²) >= 11 is 1.28. The third kappa shape index (κ3) is 2.02. The van der Waals surface area contributed by atoms with Crippen LogP contribution in [0.4, 0.5) is 0 Å². The minimum absolute atomic E-state index is 0.491. The van der Waals surface area contributed by atoms with Crippen molar-refractivity contribution in [2.75, 3.05) is 7.05 Å². The average Bonchev–Trinajstić information content (AvgIpc) is 2.68. The van der Waals surface area contributed by atoms with Crippen molar-refractivity contribution in [3.05, 3.63) is 0 Å². The molecule has 3 nitrogen and oxygen atoms in total. The van der Waals surface area contributed by atoms with E-state index in [0.29, 0.717) is 16.1 Å². The van der Waals surface area contributed by atoms with Gasteiger partial charge in [-0.15, -0.1) is 0 Å². The second-order valence-electron chi connectivity index (χ2n) is 2.30. The summed E-state index contributed by atoms with van der Waals surface area (Å²) in [5.74, 6) is 0.491. The highest BCUT2D eigenvalue weighted by molar-refractivity contribution is 8.26. The summed E-state index contributed by atoms with van der Waals surface area (Å²) in [5, 5.41) is 8.61. The first kappa shape index (κ1) is 7.60. The lowest BCUT2D eigenvalue weighted by molar-refractivity contribution is 1.20. The summed E-state index contributed by atoms with van der Waals surface area (Å²) in [6, 6.07) is 0. The number of nitrogens with one attached hydrogen (secondary N) is 1. The number of thioether (sulfide) groups is 1. The van der Waals surface area contributed by atoms with Crippen molar-refractivity contribution in [1.29, 1.82) is 5.41 Å². The van der Waals surface area contributed by atoms with Crippen LogP contribution >= 0.6 is 11.8 Å². The number of nitrogens with zero attached hydrogens (tertiary/aromatic N) is 1. The Hall–Kier alpha value is -0.510. The average molecular weight is 157 g/mol. The van der Waals surface area contributed by atoms with Crippen molar-refractivity contribution in [2.24, 2.45) is 16.6 Å². The molecule has 1 aliphatic carbocycles. The molecule has 4 heteroatoms. The molecule has 0 aliphatic heterocycles. The summed E-state index contributed by atoms with van der Waals surface area (Å²) in [4.78, 5) is 3.76. The Morgan fingerprint density at radius 2 is 2.30 bits per heavy atom. The molecule has 0 aromatic carbocycles. The highest BCUT2D eigenvalue weighted by Crippen LogP contribution is 2.33. The van der Waals surface area contributed by atoms with E-state index < -0.39 is 0 Å². The van der Waals surface area contributed by atoms with Crippen LogP contribution in [0, 0.1) is 11.3 Å². The predicted octanol–water partition coefficient (Wildman–Crippen LogP) is 1.05. The van der Waals surface area contributed by atoms with E-state index in [0.717, 1.165) is 12.8 Å². The van der Waals surface area contributed by atoms with Crippen molar-refractivity contribution >= 4 is 22.0 Å². The smallest absolute Gasteiger partial charge is 0.159 e. The third-order valence-electron chi connectivity index (χ3n) is 1.38. The second kappa shape index (κ2) is 3.05. The van der Waals surface area contributed by atoms with Crippen LogP contribution in [0.25, 0.3) is 0 Å². The van der Waals surface area contributed by atoms with E-state index in [1.54, 1.807) is 7.05 Å². The van der Waals surface area contributed by atoms with Gasteiger partial charge in [0.15, 0.2) is 5.17 Å². The molecule has 0 atom stereocenters. The van der Waals surface area contributed by atoms with Gasteiger partial charge < -0.3 is 5.73 Å². The lowest BCUT2D eigenvalue weighted by Gasteiger charge is -1.97. The summed E-state index contributed by atoms with van der Waals surface area (Å²) < 4.78 is 0. The molecular weight excluding hydrogens is 146 g/mol. The van der Waals surface area contributed by atoms with E-state index in [-0.39, 0.29) is 0 Å². The third-order valence-corrected chi connectivity index (χ3v) is 2.33. The highest BCUT2D eigenvalue weighted by atomic mass is 32.2. The van der Waals surface area contributed by atoms with E-state index >= 15 is 0 Å². The number of amidine groups is 1. The van der Waals surface area contributed by atoms with Crippen molar-refractivity contribution in [2.45, 2.75) is 12.8 Å². The number of hydrogen-bond donors (Lipinski definition) is 2. The normalized spacial score (nSPS) is 19.1. The molecule has 0 spiro atoms. The molecular formula is C6H11N3S. The maximum Gasteiger partial charge on any atom is 0.159 e. The monoisotopic (exact) mass is 157 g/mol. The fraction of sp³-hybridized carbons (Fsp3) is 0.667. The Kier molecular flexibility index (Phi) is 2.32. The van der Waals surface area contributed by atoms with Gasteiger partial charge in [0.05, 0.1) is 5.04 Å². The molecule has 0 amide bonds. The van der Waals surface area contributed by atoms with Crippen LogP contribution in [0.5, 0.6) is 0 Å². The van der Waals surface area contributed by atoms with Crippen molar-refractivity contribution in [3.8, 4) is 0 Å². The summed E-state index contributed by atoms with van der Waals surface area (Å²) in [7, 11) is 1.64. The lowest BCUT2D eigenvalue weighted by Crippen LogP contribution is -2.10. The fourth-order valence-electron chi connectivity index (χ4n) is 0.587. The van der Waals surface area contributed by atoms with E-state index in [2.05, 4.69) is 4.99 Å². The van der Waals surface area contributed by atoms with Gasteiger partial charge in [-0.1, -0.05) is 0 Å². The zero-order valence-electron chi connectivity index (χ0n) is 5.92. The zero-order valence-corrected chi connectivity index (χ0v) is 6.74. The Bertz CT molecular complexity index is 172. The number of rotatable bonds is 1. The van der Waals surface area contributed by atoms with Crippen LogP contribution < -0.4 is 5.73 Å². The first-order chi connectivity index (χ1) is 4.74. The maximum absolute atomic E-state index is 7.44. The van der Waals surface area contributed by atoms with Crippen LogP contribution in [0.15, 0.2) is 4.99 Å². The molecule has 56 valence electrons. The Morgan fingerprint density at radius 3 is 2.70 bits per heavy atom. The van der Waals surface area contributed by atoms with Gasteiger partial charge in [0.25, 0.3) is 0 Å². The largest absolute Gasteiger partial charge is 0.378 e. The molecule has 0 unspecified atom stereocenters. The standard InChI is InChI=1S/C6H11N3S/c1-9-6(8)10-5(7)4-2-3-4/h4,7H,2-3H2,1H3,(H2,8,9). The minimum Gasteiger partial charge on any atom is -0.378 e. The SMILES string of the molecule is CN=C(N)SC(=N)C1CC1. The molecule has 0 aromatic heterocycles. The van der Waals surface area contributed by atoms with Gasteiger partial charge in [0.1, 0.15) is 0 Å². The van der Waals surface area contributed by atoms with Crippen LogP contribution in [0.2, 0.25) is 0 Å². The summed E-state index contributed by atoms with van der Waals surface area (Å²) in [6.07, 6.45) is 2.31. The van der Waals surface area contributed by atoms with Crippen LogP contribution in [0.1, 0.15) is 12.8 Å². The van der Waals surface area contributed by atoms with Crippen LogP contribution in [-0.4, -0.2) is 17.3 Å². The van der Waals surface area contributed by atoms with Crippen molar-refractivity contribution < 1.29 is 0 Å². The number of aliphatic imine (C=N–C) groups is 1. The summed E-state index contributed by atoms with van der Waals surface area (Å²) in [5.41, 5.74) is 5.41. The Morgan fingerprint density at radius 1 is 1.70 bits per heavy atom. The first-order valence-electron chi connectivity index (χ1n) is 3.22. The molecule has 1 aliphatic rings. The van der Waals surface area contributed by atoms with Gasteiger partial charge in [-0.05, 0) is 24.6 Å². The molecule has 0 bridgehead atoms. The van der Waals surface area contributed by atoms with E-state index in [1.165, 1.54) is 11.8 Å². The highest BCUT2D eigenvalue weighted by Gasteiger charge is 2.27. The van der Waals surface area contributed by atoms with Crippen LogP contribution in [-0.2, 0) is 0 Å². The predicted molar refractivity (Wildman–Crippen MR) is 45.6 cm³/mol. The zero-order chi connectivity index (χ0) is 7.56. The van der Waals surface area contributed by atoms with Crippen LogP contribution in [0.3, 0.4) is 0 Å². The Balaban J connectivity index is 2.30. The molecule has 0 aromatic rings. The topological polar surface area (TPSA) is 62.2 Å². The van der Waals surface area contributed by atoms with Crippen molar-refractivity contribution in [1.82, 2.24) is 0 Å². The second-order valence-corrected chi connectivity index (χ2v) is 3.36. The van der Waals surface area contributed by atoms with Gasteiger partial charge in [-0.25, -0.2) is 0 Å². The van der Waals surface area contributed by atoms with Gasteiger partial charge in [0.2, 0.25) is 0 Å². The molecule has 3 N–H and O–H groups in total. The van der Waals surface area contributed by atoms with E-state index in [9.17, 15) is 0 Å². The van der Waals surface area contributed by atoms with Gasteiger partial charge in [-0.3, -0.25) is 10.4 Å². The molecule has 1 fully saturated rings. The van der Waals surface area contributed by atoms with Crippen molar-refractivity contribution in [3.63, 3.8) is 0 Å². The summed E-state index contributed by atoms with van der Waals surface area (Å²) in [6.45, 7) is 0. The fourth-order valence-corrected chi connectivity index (χ4v) is 1.31. The minimum atomic E-state index is 0.491. The molecule has 1 saturated carbocycles.